The first-order chi connectivity index (χ1) is 17.0. The molecule has 0 amide bonds. The van der Waals surface area contributed by atoms with Crippen LogP contribution in [0.4, 0.5) is 0 Å². The average molecular weight is 701 g/mol. The summed E-state index contributed by atoms with van der Waals surface area (Å²) in [6, 6.07) is 0. The van der Waals surface area contributed by atoms with Crippen molar-refractivity contribution in [3.05, 3.63) is 80.7 Å². The van der Waals surface area contributed by atoms with Crippen molar-refractivity contribution in [3.8, 4) is 0 Å². The van der Waals surface area contributed by atoms with E-state index in [4.69, 9.17) is 46.0 Å². The Kier molecular flexibility index (Phi) is 21.8. The molecule has 0 unspecified atom stereocenters. The molecule has 2 rings (SSSR count). The van der Waals surface area contributed by atoms with Crippen molar-refractivity contribution in [1.29, 1.82) is 0 Å². The van der Waals surface area contributed by atoms with E-state index in [9.17, 15) is 10.4 Å². The van der Waals surface area contributed by atoms with Gasteiger partial charge in [0.25, 0.3) is 0 Å². The van der Waals surface area contributed by atoms with E-state index in [0.717, 1.165) is 9.48 Å². The molecule has 0 aliphatic carbocycles. The van der Waals surface area contributed by atoms with Gasteiger partial charge >= 0.3 is 40.4 Å². The summed E-state index contributed by atoms with van der Waals surface area (Å²) in [7, 11) is 3.59. The van der Waals surface area contributed by atoms with E-state index in [1.165, 1.54) is 12.4 Å². The predicted molar refractivity (Wildman–Crippen MR) is 130 cm³/mol. The first-order valence-corrected chi connectivity index (χ1v) is 9.77. The Balaban J connectivity index is -0.000000220. The predicted octanol–water partition coefficient (Wildman–Crippen LogP) is 0.368. The van der Waals surface area contributed by atoms with Crippen molar-refractivity contribution in [2.75, 3.05) is 0 Å². The van der Waals surface area contributed by atoms with Gasteiger partial charge in [-0.25, -0.2) is 9.48 Å². The van der Waals surface area contributed by atoms with Crippen LogP contribution in [0.15, 0.2) is 12.7 Å². The van der Waals surface area contributed by atoms with E-state index in [0.29, 0.717) is 11.6 Å². The molecule has 1 radical (unpaired) electrons. The maximum Gasteiger partial charge on any atom is 3.00 e. The molecule has 2 aromatic heterocycles. The third-order valence-electron chi connectivity index (χ3n) is 3.28. The summed E-state index contributed by atoms with van der Waals surface area (Å²) in [5.41, 5.74) is -0.877. The van der Waals surface area contributed by atoms with Gasteiger partial charge in [0.2, 0.25) is 24.1 Å². The van der Waals surface area contributed by atoms with Gasteiger partial charge in [-0.2, -0.15) is 0 Å². The Morgan fingerprint density at radius 3 is 0.949 bits per heavy atom. The fraction of sp³-hybridized carbons (Fsp3) is 0.625. The Bertz CT molecular complexity index is 966. The minimum Gasteiger partial charge on any atom is -0.623 e. The van der Waals surface area contributed by atoms with Gasteiger partial charge in [0.1, 0.15) is 12.7 Å². The van der Waals surface area contributed by atoms with Gasteiger partial charge in [0.05, 0.1) is 15.3 Å². The molecule has 0 aliphatic rings. The second-order valence-corrected chi connectivity index (χ2v) is 8.52. The third kappa shape index (κ3) is 27.0. The number of hydrogen-bond donors (Lipinski definition) is 0. The second-order valence-electron chi connectivity index (χ2n) is 8.52. The fourth-order valence-electron chi connectivity index (χ4n) is 1.42. The normalized spacial score (nSPS) is 10.8. The summed E-state index contributed by atoms with van der Waals surface area (Å²) in [5.74, 6) is 1.12. The minimum absolute atomic E-state index is 0. The minimum atomic E-state index is -1.75. The average Bonchev–Trinajstić information content (AvgIpc) is 3.27. The molecular weight excluding hydrogens is 673 g/mol. The quantitative estimate of drug-likeness (QED) is 0.134. The number of hydrogen-bond acceptors (Lipinski definition) is 15. The molecule has 0 aliphatic heterocycles. The Morgan fingerprint density at radius 2 is 0.821 bits per heavy atom. The molecule has 2 aromatic rings. The summed E-state index contributed by atoms with van der Waals surface area (Å²) in [5, 5.41) is 82.1. The molecular formula is C16H28N11O11Sm. The van der Waals surface area contributed by atoms with Crippen molar-refractivity contribution in [2.24, 2.45) is 14.1 Å². The fourth-order valence-corrected chi connectivity index (χ4v) is 1.42. The van der Waals surface area contributed by atoms with Crippen LogP contribution in [0.3, 0.4) is 0 Å². The summed E-state index contributed by atoms with van der Waals surface area (Å²) < 4.78 is 5.13. The van der Waals surface area contributed by atoms with Crippen LogP contribution in [0.2, 0.25) is 0 Å². The van der Waals surface area contributed by atoms with Gasteiger partial charge < -0.3 is 65.5 Å². The maximum absolute atomic E-state index is 11.5. The molecule has 23 heteroatoms. The molecule has 219 valence electrons. The van der Waals surface area contributed by atoms with Gasteiger partial charge in [-0.15, -0.1) is 20.4 Å². The maximum atomic E-state index is 11.5. The van der Waals surface area contributed by atoms with Crippen molar-refractivity contribution in [3.63, 3.8) is 0 Å². The number of aryl methyl sites for hydroxylation is 2. The molecule has 0 fully saturated rings. The molecule has 0 aromatic carbocycles. The summed E-state index contributed by atoms with van der Waals surface area (Å²) in [6.45, 7) is 11.0. The molecule has 0 bridgehead atoms. The zero-order valence-electron chi connectivity index (χ0n) is 22.1. The number of hydroxylamine groups is 2. The third-order valence-corrected chi connectivity index (χ3v) is 3.28. The second kappa shape index (κ2) is 20.2. The zero-order chi connectivity index (χ0) is 30.9. The van der Waals surface area contributed by atoms with E-state index in [1.54, 1.807) is 35.9 Å². The first kappa shape index (κ1) is 42.3. The van der Waals surface area contributed by atoms with Crippen LogP contribution in [0.1, 0.15) is 53.2 Å². The van der Waals surface area contributed by atoms with Crippen LogP contribution in [-0.4, -0.2) is 77.8 Å². The van der Waals surface area contributed by atoms with Crippen LogP contribution in [0.25, 0.3) is 0 Å². The van der Waals surface area contributed by atoms with Crippen LogP contribution >= 0.6 is 0 Å². The zero-order valence-corrected chi connectivity index (χ0v) is 24.7. The van der Waals surface area contributed by atoms with E-state index >= 15 is 0 Å². The molecule has 0 saturated carbocycles. The van der Waals surface area contributed by atoms with E-state index < -0.39 is 26.3 Å². The van der Waals surface area contributed by atoms with Gasteiger partial charge in [0.15, 0.2) is 11.1 Å². The Hall–Kier alpha value is -3.84. The van der Waals surface area contributed by atoms with Crippen LogP contribution in [0.5, 0.6) is 0 Å². The molecule has 22 nitrogen and oxygen atoms in total. The first-order valence-electron chi connectivity index (χ1n) is 9.77. The Morgan fingerprint density at radius 1 is 0.615 bits per heavy atom. The summed E-state index contributed by atoms with van der Waals surface area (Å²) in [4.78, 5) is 24.8. The van der Waals surface area contributed by atoms with E-state index in [1.807, 2.05) is 41.5 Å². The number of rotatable bonds is 2. The summed E-state index contributed by atoms with van der Waals surface area (Å²) >= 11 is 0. The number of aromatic nitrogens is 6. The monoisotopic (exact) mass is 702 g/mol. The van der Waals surface area contributed by atoms with Gasteiger partial charge in [-0.1, -0.05) is 0 Å². The molecule has 0 atom stereocenters. The van der Waals surface area contributed by atoms with Crippen LogP contribution in [-0.2, 0) is 14.1 Å². The number of nitrogens with zero attached hydrogens (tertiary/aromatic N) is 11. The topological polar surface area (TPSA) is 312 Å². The van der Waals surface area contributed by atoms with Crippen molar-refractivity contribution < 1.29 is 65.1 Å². The van der Waals surface area contributed by atoms with Crippen molar-refractivity contribution in [1.82, 2.24) is 29.5 Å². The van der Waals surface area contributed by atoms with Crippen molar-refractivity contribution >= 4 is 12.4 Å². The van der Waals surface area contributed by atoms with Gasteiger partial charge in [0, 0.05) is 55.6 Å². The molecule has 2 heterocycles. The van der Waals surface area contributed by atoms with E-state index in [-0.39, 0.29) is 40.4 Å². The van der Waals surface area contributed by atoms with Crippen LogP contribution in [0, 0.1) is 96.8 Å². The molecule has 39 heavy (non-hydrogen) atoms. The SMILES string of the molecule is Cn1cnnc1/C=[N+](\[O-])C(C)(C)C.Cn1cnnc1/C=[N+](\[O-])C(C)(C)C.O=[N+]([O-])[O-].O=[N+]([O-])[O-].O=[N+]([O-])[O-].[Sm+3]. The standard InChI is InChI=1S/2C8H14N4O.3NO3.Sm/c2*1-8(2,3)12(13)5-7-10-9-6-11(7)4;3*2-1(3)4;/h2*5-6H,1-4H3;;;;/q;;3*-1;+3/b2*12-5-;;;;. The summed E-state index contributed by atoms with van der Waals surface area (Å²) in [6.07, 6.45) is 5.99. The molecule has 0 saturated heterocycles. The van der Waals surface area contributed by atoms with Gasteiger partial charge in [-0.05, 0) is 0 Å². The van der Waals surface area contributed by atoms with Gasteiger partial charge in [-0.3, -0.25) is 0 Å². The largest absolute Gasteiger partial charge is 3.00 e. The smallest absolute Gasteiger partial charge is 0.623 e. The van der Waals surface area contributed by atoms with E-state index in [2.05, 4.69) is 20.4 Å². The van der Waals surface area contributed by atoms with Crippen molar-refractivity contribution in [2.45, 2.75) is 52.6 Å². The van der Waals surface area contributed by atoms with Crippen LogP contribution < -0.4 is 0 Å². The molecule has 0 N–H and O–H groups in total. The molecule has 0 spiro atoms. The Labute approximate surface area is 253 Å².